The molecule has 2 saturated heterocycles. The molecule has 0 aromatic heterocycles. The average Bonchev–Trinajstić information content (AvgIpc) is 2.81. The van der Waals surface area contributed by atoms with Crippen molar-refractivity contribution in [3.63, 3.8) is 0 Å². The number of nitrogens with zero attached hydrogens (tertiary/aromatic N) is 3. The molecular weight excluding hydrogens is 386 g/mol. The monoisotopic (exact) mass is 423 g/mol. The lowest BCUT2D eigenvalue weighted by Gasteiger charge is -2.47. The first-order valence-corrected chi connectivity index (χ1v) is 11.7. The van der Waals surface area contributed by atoms with Crippen LogP contribution in [0.5, 0.6) is 5.75 Å². The highest BCUT2D eigenvalue weighted by molar-refractivity contribution is 5.28. The summed E-state index contributed by atoms with van der Waals surface area (Å²) in [5, 5.41) is 9.65. The Morgan fingerprint density at radius 2 is 1.65 bits per heavy atom. The minimum atomic E-state index is 0.273. The second-order valence-electron chi connectivity index (χ2n) is 9.09. The van der Waals surface area contributed by atoms with Gasteiger partial charge in [-0.2, -0.15) is 0 Å². The van der Waals surface area contributed by atoms with Crippen LogP contribution in [0.15, 0.2) is 54.6 Å². The van der Waals surface area contributed by atoms with Gasteiger partial charge in [0.25, 0.3) is 0 Å². The molecule has 2 aromatic rings. The largest absolute Gasteiger partial charge is 0.489 e. The maximum Gasteiger partial charge on any atom is 0.119 e. The van der Waals surface area contributed by atoms with E-state index in [1.54, 1.807) is 0 Å². The molecule has 31 heavy (non-hydrogen) atoms. The van der Waals surface area contributed by atoms with Crippen molar-refractivity contribution in [1.82, 2.24) is 14.7 Å². The van der Waals surface area contributed by atoms with Gasteiger partial charge in [0.2, 0.25) is 0 Å². The molecule has 0 spiro atoms. The van der Waals surface area contributed by atoms with E-state index >= 15 is 0 Å². The number of hydrogen-bond donors (Lipinski definition) is 1. The SMILES string of the molecule is CN1CCC(N2CCN(Cc3ccc(OCc4ccccc4)cc3)CC2CCO)CC1. The minimum absolute atomic E-state index is 0.273. The van der Waals surface area contributed by atoms with Gasteiger partial charge in [-0.15, -0.1) is 0 Å². The van der Waals surface area contributed by atoms with Crippen LogP contribution in [0, 0.1) is 0 Å². The van der Waals surface area contributed by atoms with E-state index in [4.69, 9.17) is 4.74 Å². The molecule has 5 nitrogen and oxygen atoms in total. The van der Waals surface area contributed by atoms with Crippen molar-refractivity contribution in [3.8, 4) is 5.75 Å². The summed E-state index contributed by atoms with van der Waals surface area (Å²) in [6.07, 6.45) is 3.38. The van der Waals surface area contributed by atoms with Gasteiger partial charge in [-0.05, 0) is 62.7 Å². The zero-order chi connectivity index (χ0) is 21.5. The molecule has 0 aliphatic carbocycles. The van der Waals surface area contributed by atoms with Gasteiger partial charge in [-0.25, -0.2) is 0 Å². The number of ether oxygens (including phenoxy) is 1. The van der Waals surface area contributed by atoms with Crippen LogP contribution in [0.1, 0.15) is 30.4 Å². The molecule has 4 rings (SSSR count). The Labute approximate surface area is 187 Å². The molecule has 2 heterocycles. The first kappa shape index (κ1) is 22.3. The maximum atomic E-state index is 9.65. The molecule has 5 heteroatoms. The summed E-state index contributed by atoms with van der Waals surface area (Å²) in [6, 6.07) is 19.9. The summed E-state index contributed by atoms with van der Waals surface area (Å²) >= 11 is 0. The minimum Gasteiger partial charge on any atom is -0.489 e. The van der Waals surface area contributed by atoms with E-state index in [2.05, 4.69) is 58.1 Å². The smallest absolute Gasteiger partial charge is 0.119 e. The van der Waals surface area contributed by atoms with E-state index in [9.17, 15) is 5.11 Å². The van der Waals surface area contributed by atoms with Gasteiger partial charge in [-0.3, -0.25) is 9.80 Å². The highest BCUT2D eigenvalue weighted by atomic mass is 16.5. The molecule has 2 aliphatic rings. The van der Waals surface area contributed by atoms with E-state index < -0.39 is 0 Å². The number of aliphatic hydroxyl groups excluding tert-OH is 1. The number of benzene rings is 2. The van der Waals surface area contributed by atoms with Crippen LogP contribution in [0.25, 0.3) is 0 Å². The van der Waals surface area contributed by atoms with E-state index in [1.807, 2.05) is 18.2 Å². The summed E-state index contributed by atoms with van der Waals surface area (Å²) in [7, 11) is 2.22. The van der Waals surface area contributed by atoms with Crippen molar-refractivity contribution in [2.24, 2.45) is 0 Å². The number of hydrogen-bond acceptors (Lipinski definition) is 5. The summed E-state index contributed by atoms with van der Waals surface area (Å²) in [4.78, 5) is 7.67. The number of likely N-dealkylation sites (tertiary alicyclic amines) is 1. The lowest BCUT2D eigenvalue weighted by molar-refractivity contribution is 0.00599. The van der Waals surface area contributed by atoms with Crippen LogP contribution in [0.4, 0.5) is 0 Å². The molecule has 0 bridgehead atoms. The van der Waals surface area contributed by atoms with Crippen LogP contribution in [-0.2, 0) is 13.2 Å². The molecule has 2 aliphatic heterocycles. The molecule has 1 unspecified atom stereocenters. The third kappa shape index (κ3) is 6.30. The van der Waals surface area contributed by atoms with Gasteiger partial charge in [0.05, 0.1) is 0 Å². The van der Waals surface area contributed by atoms with E-state index in [1.165, 1.54) is 37.1 Å². The van der Waals surface area contributed by atoms with Crippen LogP contribution in [-0.4, -0.2) is 78.3 Å². The lowest BCUT2D eigenvalue weighted by Crippen LogP contribution is -2.58. The molecule has 1 N–H and O–H groups in total. The summed E-state index contributed by atoms with van der Waals surface area (Å²) in [6.45, 7) is 7.46. The number of piperazine rings is 1. The number of aliphatic hydroxyl groups is 1. The quantitative estimate of drug-likeness (QED) is 0.706. The van der Waals surface area contributed by atoms with Crippen LogP contribution >= 0.6 is 0 Å². The van der Waals surface area contributed by atoms with E-state index in [-0.39, 0.29) is 6.61 Å². The third-order valence-electron chi connectivity index (χ3n) is 6.81. The average molecular weight is 424 g/mol. The predicted molar refractivity (Wildman–Crippen MR) is 125 cm³/mol. The Morgan fingerprint density at radius 3 is 2.35 bits per heavy atom. The van der Waals surface area contributed by atoms with Crippen LogP contribution in [0.3, 0.4) is 0 Å². The van der Waals surface area contributed by atoms with Gasteiger partial charge in [-0.1, -0.05) is 42.5 Å². The van der Waals surface area contributed by atoms with E-state index in [0.717, 1.165) is 38.3 Å². The van der Waals surface area contributed by atoms with Crippen molar-refractivity contribution in [2.45, 2.75) is 44.5 Å². The highest BCUT2D eigenvalue weighted by Gasteiger charge is 2.32. The zero-order valence-corrected chi connectivity index (χ0v) is 18.8. The van der Waals surface area contributed by atoms with Crippen molar-refractivity contribution in [2.75, 3.05) is 46.4 Å². The van der Waals surface area contributed by atoms with Gasteiger partial charge >= 0.3 is 0 Å². The fraction of sp³-hybridized carbons (Fsp3) is 0.538. The van der Waals surface area contributed by atoms with Crippen molar-refractivity contribution in [1.29, 1.82) is 0 Å². The van der Waals surface area contributed by atoms with Crippen LogP contribution in [0.2, 0.25) is 0 Å². The van der Waals surface area contributed by atoms with Gasteiger partial charge < -0.3 is 14.7 Å². The second kappa shape index (κ2) is 11.1. The van der Waals surface area contributed by atoms with Gasteiger partial charge in [0.15, 0.2) is 0 Å². The van der Waals surface area contributed by atoms with Crippen LogP contribution < -0.4 is 4.74 Å². The number of piperidine rings is 1. The molecule has 168 valence electrons. The second-order valence-corrected chi connectivity index (χ2v) is 9.09. The summed E-state index contributed by atoms with van der Waals surface area (Å²) in [5.41, 5.74) is 2.51. The molecule has 0 saturated carbocycles. The molecule has 2 fully saturated rings. The summed E-state index contributed by atoms with van der Waals surface area (Å²) in [5.74, 6) is 0.915. The van der Waals surface area contributed by atoms with Crippen molar-refractivity contribution < 1.29 is 9.84 Å². The fourth-order valence-corrected chi connectivity index (χ4v) is 4.98. The molecule has 0 amide bonds. The lowest BCUT2D eigenvalue weighted by atomic mass is 9.98. The Morgan fingerprint density at radius 1 is 0.903 bits per heavy atom. The van der Waals surface area contributed by atoms with Crippen molar-refractivity contribution >= 4 is 0 Å². The van der Waals surface area contributed by atoms with Crippen molar-refractivity contribution in [3.05, 3.63) is 65.7 Å². The summed E-state index contributed by atoms with van der Waals surface area (Å²) < 4.78 is 5.92. The Kier molecular flexibility index (Phi) is 7.97. The highest BCUT2D eigenvalue weighted by Crippen LogP contribution is 2.24. The van der Waals surface area contributed by atoms with Gasteiger partial charge in [0, 0.05) is 44.9 Å². The normalized spacial score (nSPS) is 21.9. The molecule has 2 aromatic carbocycles. The Balaban J connectivity index is 1.29. The van der Waals surface area contributed by atoms with E-state index in [0.29, 0.717) is 18.7 Å². The Bertz CT molecular complexity index is 775. The van der Waals surface area contributed by atoms with Gasteiger partial charge in [0.1, 0.15) is 12.4 Å². The maximum absolute atomic E-state index is 9.65. The predicted octanol–water partition coefficient (Wildman–Crippen LogP) is 3.23. The molecule has 0 radical (unpaired) electrons. The first-order chi connectivity index (χ1) is 15.2. The topological polar surface area (TPSA) is 39.2 Å². The third-order valence-corrected chi connectivity index (χ3v) is 6.81. The standard InChI is InChI=1S/C26H37N3O2/c1-27-14-11-24(12-15-27)29-17-16-28(20-25(29)13-18-30)19-22-7-9-26(10-8-22)31-21-23-5-3-2-4-6-23/h2-10,24-25,30H,11-21H2,1H3. The zero-order valence-electron chi connectivity index (χ0n) is 18.8. The fourth-order valence-electron chi connectivity index (χ4n) is 4.98. The Hall–Kier alpha value is -1.92. The molecular formula is C26H37N3O2. The molecule has 1 atom stereocenters. The number of rotatable bonds is 8. The first-order valence-electron chi connectivity index (χ1n) is 11.7.